The van der Waals surface area contributed by atoms with E-state index in [1.165, 1.54) is 28.2 Å². The summed E-state index contributed by atoms with van der Waals surface area (Å²) < 4.78 is 4.70. The van der Waals surface area contributed by atoms with Gasteiger partial charge < -0.3 is 4.57 Å². The van der Waals surface area contributed by atoms with Crippen LogP contribution in [0.1, 0.15) is 31.7 Å². The van der Waals surface area contributed by atoms with Gasteiger partial charge in [0.2, 0.25) is 0 Å². The number of likely N-dealkylation sites (tertiary alicyclic amines) is 1. The monoisotopic (exact) mass is 409 g/mol. The molecule has 0 aliphatic carbocycles. The predicted octanol–water partition coefficient (Wildman–Crippen LogP) is 2.15. The first kappa shape index (κ1) is 20.6. The lowest BCUT2D eigenvalue weighted by Gasteiger charge is -2.34. The second-order valence-corrected chi connectivity index (χ2v) is 8.93. The van der Waals surface area contributed by atoms with Crippen molar-refractivity contribution in [2.45, 2.75) is 39.8 Å². The quantitative estimate of drug-likeness (QED) is 0.648. The Morgan fingerprint density at radius 2 is 1.67 bits per heavy atom. The molecule has 1 aliphatic heterocycles. The van der Waals surface area contributed by atoms with Crippen LogP contribution in [0.5, 0.6) is 0 Å². The number of aromatic nitrogens is 4. The molecule has 7 heteroatoms. The van der Waals surface area contributed by atoms with Crippen molar-refractivity contribution in [2.75, 3.05) is 13.1 Å². The standard InChI is InChI=1S/C23H31N5O2/c1-16-12-17(2)14-27(13-16)15-19-24-21-20(22(29)26(4)23(30)25(21)3)28(19)11-10-18-8-6-5-7-9-18/h5-9,16-17H,10-15H2,1-4H3/t16-,17-/m0/s1. The number of fused-ring (bicyclic) bond motifs is 1. The second kappa shape index (κ2) is 8.22. The van der Waals surface area contributed by atoms with Crippen molar-refractivity contribution in [3.63, 3.8) is 0 Å². The van der Waals surface area contributed by atoms with Crippen molar-refractivity contribution in [3.8, 4) is 0 Å². The van der Waals surface area contributed by atoms with E-state index in [0.29, 0.717) is 36.1 Å². The van der Waals surface area contributed by atoms with Crippen molar-refractivity contribution in [2.24, 2.45) is 25.9 Å². The minimum absolute atomic E-state index is 0.278. The first-order valence-corrected chi connectivity index (χ1v) is 10.8. The molecule has 2 aromatic heterocycles. The van der Waals surface area contributed by atoms with Gasteiger partial charge in [0.1, 0.15) is 5.82 Å². The molecule has 1 aliphatic rings. The van der Waals surface area contributed by atoms with Crippen LogP contribution in [0.25, 0.3) is 11.2 Å². The van der Waals surface area contributed by atoms with Crippen molar-refractivity contribution in [1.82, 2.24) is 23.6 Å². The summed E-state index contributed by atoms with van der Waals surface area (Å²) in [6.45, 7) is 7.99. The third kappa shape index (κ3) is 3.86. The summed E-state index contributed by atoms with van der Waals surface area (Å²) in [5, 5.41) is 0. The van der Waals surface area contributed by atoms with E-state index in [4.69, 9.17) is 4.98 Å². The van der Waals surface area contributed by atoms with Crippen LogP contribution in [0.4, 0.5) is 0 Å². The highest BCUT2D eigenvalue weighted by atomic mass is 16.2. The van der Waals surface area contributed by atoms with E-state index in [1.807, 2.05) is 22.8 Å². The van der Waals surface area contributed by atoms with Crippen LogP contribution in [-0.4, -0.2) is 36.7 Å². The Morgan fingerprint density at radius 3 is 2.33 bits per heavy atom. The first-order chi connectivity index (χ1) is 14.3. The number of benzene rings is 1. The highest BCUT2D eigenvalue weighted by molar-refractivity contribution is 5.71. The zero-order valence-electron chi connectivity index (χ0n) is 18.3. The summed E-state index contributed by atoms with van der Waals surface area (Å²) in [6.07, 6.45) is 2.05. The number of rotatable bonds is 5. The highest BCUT2D eigenvalue weighted by Gasteiger charge is 2.25. The van der Waals surface area contributed by atoms with E-state index in [0.717, 1.165) is 25.3 Å². The molecule has 1 fully saturated rings. The lowest BCUT2D eigenvalue weighted by molar-refractivity contribution is 0.130. The molecule has 7 nitrogen and oxygen atoms in total. The van der Waals surface area contributed by atoms with Crippen LogP contribution < -0.4 is 11.2 Å². The first-order valence-electron chi connectivity index (χ1n) is 10.8. The Balaban J connectivity index is 1.77. The van der Waals surface area contributed by atoms with E-state index in [-0.39, 0.29) is 11.2 Å². The van der Waals surface area contributed by atoms with E-state index in [9.17, 15) is 9.59 Å². The van der Waals surface area contributed by atoms with Crippen molar-refractivity contribution in [1.29, 1.82) is 0 Å². The molecule has 0 spiro atoms. The minimum Gasteiger partial charge on any atom is -0.321 e. The molecule has 0 radical (unpaired) electrons. The average molecular weight is 410 g/mol. The fourth-order valence-electron chi connectivity index (χ4n) is 4.86. The van der Waals surface area contributed by atoms with Crippen LogP contribution in [-0.2, 0) is 33.6 Å². The third-order valence-corrected chi connectivity index (χ3v) is 6.20. The molecule has 30 heavy (non-hydrogen) atoms. The zero-order chi connectivity index (χ0) is 21.4. The minimum atomic E-state index is -0.341. The Morgan fingerprint density at radius 1 is 1.00 bits per heavy atom. The molecule has 0 amide bonds. The topological polar surface area (TPSA) is 65.1 Å². The number of hydrogen-bond donors (Lipinski definition) is 0. The molecule has 160 valence electrons. The fourth-order valence-corrected chi connectivity index (χ4v) is 4.86. The normalized spacial score (nSPS) is 20.1. The molecule has 0 unspecified atom stereocenters. The molecule has 0 bridgehead atoms. The fraction of sp³-hybridized carbons (Fsp3) is 0.522. The van der Waals surface area contributed by atoms with Gasteiger partial charge in [0.25, 0.3) is 5.56 Å². The van der Waals surface area contributed by atoms with Gasteiger partial charge in [-0.2, -0.15) is 0 Å². The number of imidazole rings is 1. The van der Waals surface area contributed by atoms with E-state index in [2.05, 4.69) is 30.9 Å². The van der Waals surface area contributed by atoms with Crippen molar-refractivity contribution < 1.29 is 0 Å². The molecule has 0 N–H and O–H groups in total. The maximum Gasteiger partial charge on any atom is 0.332 e. The third-order valence-electron chi connectivity index (χ3n) is 6.20. The number of hydrogen-bond acceptors (Lipinski definition) is 4. The van der Waals surface area contributed by atoms with Gasteiger partial charge in [0.05, 0.1) is 6.54 Å². The van der Waals surface area contributed by atoms with Crippen LogP contribution in [0.15, 0.2) is 39.9 Å². The average Bonchev–Trinajstić information content (AvgIpc) is 3.07. The van der Waals surface area contributed by atoms with Gasteiger partial charge in [-0.15, -0.1) is 0 Å². The lowest BCUT2D eigenvalue weighted by Crippen LogP contribution is -2.39. The Hall–Kier alpha value is -2.67. The van der Waals surface area contributed by atoms with Crippen molar-refractivity contribution >= 4 is 11.2 Å². The Bertz CT molecular complexity index is 1150. The van der Waals surface area contributed by atoms with E-state index < -0.39 is 0 Å². The van der Waals surface area contributed by atoms with E-state index in [1.54, 1.807) is 7.05 Å². The Kier molecular flexibility index (Phi) is 5.64. The maximum atomic E-state index is 13.0. The van der Waals surface area contributed by atoms with Gasteiger partial charge in [-0.05, 0) is 30.2 Å². The van der Waals surface area contributed by atoms with Gasteiger partial charge >= 0.3 is 5.69 Å². The van der Waals surface area contributed by atoms with Crippen molar-refractivity contribution in [3.05, 3.63) is 62.6 Å². The molecule has 1 aromatic carbocycles. The van der Waals surface area contributed by atoms with Crippen LogP contribution in [0.2, 0.25) is 0 Å². The van der Waals surface area contributed by atoms with Crippen LogP contribution >= 0.6 is 0 Å². The molecule has 1 saturated heterocycles. The molecule has 4 rings (SSSR count). The second-order valence-electron chi connectivity index (χ2n) is 8.93. The Labute approximate surface area is 176 Å². The maximum absolute atomic E-state index is 13.0. The number of aryl methyl sites for hydroxylation is 3. The summed E-state index contributed by atoms with van der Waals surface area (Å²) in [7, 11) is 3.22. The highest BCUT2D eigenvalue weighted by Crippen LogP contribution is 2.23. The van der Waals surface area contributed by atoms with Gasteiger partial charge in [-0.1, -0.05) is 44.2 Å². The molecule has 2 atom stereocenters. The SMILES string of the molecule is C[C@H]1C[C@H](C)CN(Cc2nc3c(c(=O)n(C)c(=O)n3C)n2CCc2ccccc2)C1. The predicted molar refractivity (Wildman–Crippen MR) is 119 cm³/mol. The van der Waals surface area contributed by atoms with Gasteiger partial charge in [-0.25, -0.2) is 9.78 Å². The molecular weight excluding hydrogens is 378 g/mol. The molecule has 0 saturated carbocycles. The van der Waals surface area contributed by atoms with Gasteiger partial charge in [0.15, 0.2) is 11.2 Å². The number of nitrogens with zero attached hydrogens (tertiary/aromatic N) is 5. The van der Waals surface area contributed by atoms with Gasteiger partial charge in [0, 0.05) is 33.7 Å². The summed E-state index contributed by atoms with van der Waals surface area (Å²) in [4.78, 5) is 32.7. The van der Waals surface area contributed by atoms with Crippen LogP contribution in [0.3, 0.4) is 0 Å². The smallest absolute Gasteiger partial charge is 0.321 e. The summed E-state index contributed by atoms with van der Waals surface area (Å²) in [5.74, 6) is 2.15. The largest absolute Gasteiger partial charge is 0.332 e. The lowest BCUT2D eigenvalue weighted by atomic mass is 9.92. The summed E-state index contributed by atoms with van der Waals surface area (Å²) in [6, 6.07) is 10.3. The number of piperidine rings is 1. The van der Waals surface area contributed by atoms with Crippen LogP contribution in [0, 0.1) is 11.8 Å². The molecular formula is C23H31N5O2. The molecule has 3 aromatic rings. The summed E-state index contributed by atoms with van der Waals surface area (Å²) in [5.41, 5.74) is 1.59. The summed E-state index contributed by atoms with van der Waals surface area (Å²) >= 11 is 0. The van der Waals surface area contributed by atoms with E-state index >= 15 is 0 Å². The van der Waals surface area contributed by atoms with Gasteiger partial charge in [-0.3, -0.25) is 18.8 Å². The molecule has 3 heterocycles. The zero-order valence-corrected chi connectivity index (χ0v) is 18.3.